The Balaban J connectivity index is 1.37. The lowest BCUT2D eigenvalue weighted by molar-refractivity contribution is -0.140. The van der Waals surface area contributed by atoms with Crippen LogP contribution in [0.5, 0.6) is 17.2 Å². The summed E-state index contributed by atoms with van der Waals surface area (Å²) >= 11 is 0. The smallest absolute Gasteiger partial charge is 0.264 e. The number of carbonyl (C=O) groups excluding carboxylic acids is 2. The molecule has 0 unspecified atom stereocenters. The first-order chi connectivity index (χ1) is 13.6. The first-order valence-electron chi connectivity index (χ1n) is 9.37. The van der Waals surface area contributed by atoms with E-state index in [-0.39, 0.29) is 18.4 Å². The van der Waals surface area contributed by atoms with E-state index in [2.05, 4.69) is 5.32 Å². The lowest BCUT2D eigenvalue weighted by Crippen LogP contribution is -2.44. The SMILES string of the molecule is CCN(CC(=O)Nc1ccc2c(c1)OCCO2)C(=O)[C@H]1Cc2ccccc2O1. The maximum absolute atomic E-state index is 12.8. The number of carbonyl (C=O) groups is 2. The molecule has 0 aromatic heterocycles. The number of likely N-dealkylation sites (N-methyl/N-ethyl adjacent to an activating group) is 1. The van der Waals surface area contributed by atoms with E-state index >= 15 is 0 Å². The normalized spacial score (nSPS) is 16.7. The van der Waals surface area contributed by atoms with Crippen molar-refractivity contribution >= 4 is 17.5 Å². The van der Waals surface area contributed by atoms with Gasteiger partial charge in [0.15, 0.2) is 17.6 Å². The molecular weight excluding hydrogens is 360 g/mol. The zero-order valence-electron chi connectivity index (χ0n) is 15.6. The van der Waals surface area contributed by atoms with E-state index in [1.54, 1.807) is 18.2 Å². The van der Waals surface area contributed by atoms with Gasteiger partial charge >= 0.3 is 0 Å². The summed E-state index contributed by atoms with van der Waals surface area (Å²) in [6.07, 6.45) is -0.0607. The van der Waals surface area contributed by atoms with Crippen LogP contribution in [0.3, 0.4) is 0 Å². The van der Waals surface area contributed by atoms with Gasteiger partial charge in [-0.1, -0.05) is 18.2 Å². The van der Waals surface area contributed by atoms with Crippen LogP contribution in [0.25, 0.3) is 0 Å². The molecule has 0 saturated carbocycles. The second kappa shape index (κ2) is 7.80. The number of para-hydroxylation sites is 1. The van der Waals surface area contributed by atoms with E-state index in [0.717, 1.165) is 11.3 Å². The van der Waals surface area contributed by atoms with Crippen LogP contribution < -0.4 is 19.5 Å². The largest absolute Gasteiger partial charge is 0.486 e. The Morgan fingerprint density at radius 2 is 1.86 bits per heavy atom. The Hall–Kier alpha value is -3.22. The third-order valence-corrected chi connectivity index (χ3v) is 4.78. The molecule has 2 aliphatic heterocycles. The van der Waals surface area contributed by atoms with Crippen LogP contribution in [0, 0.1) is 0 Å². The van der Waals surface area contributed by atoms with Crippen LogP contribution >= 0.6 is 0 Å². The predicted molar refractivity (Wildman–Crippen MR) is 103 cm³/mol. The fraction of sp³-hybridized carbons (Fsp3) is 0.333. The number of benzene rings is 2. The molecule has 146 valence electrons. The quantitative estimate of drug-likeness (QED) is 0.858. The van der Waals surface area contributed by atoms with Gasteiger partial charge in [0.2, 0.25) is 5.91 Å². The molecule has 2 aliphatic rings. The topological polar surface area (TPSA) is 77.1 Å². The molecule has 1 N–H and O–H groups in total. The molecule has 2 amide bonds. The van der Waals surface area contributed by atoms with E-state index in [1.807, 2.05) is 31.2 Å². The molecule has 2 heterocycles. The van der Waals surface area contributed by atoms with Crippen LogP contribution in [0.15, 0.2) is 42.5 Å². The number of fused-ring (bicyclic) bond motifs is 2. The van der Waals surface area contributed by atoms with Crippen molar-refractivity contribution in [2.24, 2.45) is 0 Å². The molecule has 0 fully saturated rings. The predicted octanol–water partition coefficient (Wildman–Crippen LogP) is 2.25. The molecule has 7 nitrogen and oxygen atoms in total. The molecule has 7 heteroatoms. The van der Waals surface area contributed by atoms with Gasteiger partial charge in [0.1, 0.15) is 19.0 Å². The number of hydrogen-bond acceptors (Lipinski definition) is 5. The summed E-state index contributed by atoms with van der Waals surface area (Å²) in [7, 11) is 0. The second-order valence-corrected chi connectivity index (χ2v) is 6.68. The van der Waals surface area contributed by atoms with Crippen molar-refractivity contribution in [2.75, 3.05) is 31.6 Å². The third kappa shape index (κ3) is 3.74. The highest BCUT2D eigenvalue weighted by Crippen LogP contribution is 2.32. The van der Waals surface area contributed by atoms with Gasteiger partial charge in [0.05, 0.1) is 6.54 Å². The Morgan fingerprint density at radius 3 is 2.64 bits per heavy atom. The molecule has 2 aromatic carbocycles. The summed E-state index contributed by atoms with van der Waals surface area (Å²) in [5.41, 5.74) is 1.61. The first-order valence-corrected chi connectivity index (χ1v) is 9.37. The fourth-order valence-electron chi connectivity index (χ4n) is 3.36. The molecule has 0 spiro atoms. The number of nitrogens with zero attached hydrogens (tertiary/aromatic N) is 1. The number of rotatable bonds is 5. The van der Waals surface area contributed by atoms with Crippen LogP contribution in [-0.4, -0.2) is 49.1 Å². The number of anilines is 1. The highest BCUT2D eigenvalue weighted by molar-refractivity contribution is 5.95. The number of hydrogen-bond donors (Lipinski definition) is 1. The van der Waals surface area contributed by atoms with Crippen LogP contribution in [0.1, 0.15) is 12.5 Å². The van der Waals surface area contributed by atoms with Crippen molar-refractivity contribution in [3.8, 4) is 17.2 Å². The van der Waals surface area contributed by atoms with E-state index in [1.165, 1.54) is 4.90 Å². The van der Waals surface area contributed by atoms with E-state index in [9.17, 15) is 9.59 Å². The summed E-state index contributed by atoms with van der Waals surface area (Å²) in [6, 6.07) is 12.8. The highest BCUT2D eigenvalue weighted by Gasteiger charge is 2.32. The Morgan fingerprint density at radius 1 is 1.07 bits per heavy atom. The Labute approximate surface area is 163 Å². The number of ether oxygens (including phenoxy) is 3. The molecule has 0 saturated heterocycles. The van der Waals surface area contributed by atoms with Crippen molar-refractivity contribution < 1.29 is 23.8 Å². The Bertz CT molecular complexity index is 873. The lowest BCUT2D eigenvalue weighted by Gasteiger charge is -2.23. The van der Waals surface area contributed by atoms with Gasteiger partial charge in [-0.2, -0.15) is 0 Å². The minimum absolute atomic E-state index is 0.0417. The number of amides is 2. The van der Waals surface area contributed by atoms with Crippen molar-refractivity contribution in [3.63, 3.8) is 0 Å². The van der Waals surface area contributed by atoms with Gasteiger partial charge in [0, 0.05) is 24.7 Å². The first kappa shape index (κ1) is 18.2. The van der Waals surface area contributed by atoms with Gasteiger partial charge in [0.25, 0.3) is 5.91 Å². The van der Waals surface area contributed by atoms with Gasteiger partial charge in [-0.25, -0.2) is 0 Å². The minimum atomic E-state index is -0.584. The summed E-state index contributed by atoms with van der Waals surface area (Å²) in [6.45, 7) is 3.21. The summed E-state index contributed by atoms with van der Waals surface area (Å²) in [5, 5.41) is 2.81. The summed E-state index contributed by atoms with van der Waals surface area (Å²) in [5.74, 6) is 1.54. The van der Waals surface area contributed by atoms with E-state index in [4.69, 9.17) is 14.2 Å². The minimum Gasteiger partial charge on any atom is -0.486 e. The van der Waals surface area contributed by atoms with Crippen LogP contribution in [0.4, 0.5) is 5.69 Å². The molecule has 2 aromatic rings. The molecule has 1 atom stereocenters. The molecule has 0 bridgehead atoms. The zero-order chi connectivity index (χ0) is 19.5. The van der Waals surface area contributed by atoms with Crippen molar-refractivity contribution in [3.05, 3.63) is 48.0 Å². The summed E-state index contributed by atoms with van der Waals surface area (Å²) < 4.78 is 16.8. The van der Waals surface area contributed by atoms with Crippen molar-refractivity contribution in [2.45, 2.75) is 19.4 Å². The maximum Gasteiger partial charge on any atom is 0.264 e. The number of nitrogens with one attached hydrogen (secondary N) is 1. The fourth-order valence-corrected chi connectivity index (χ4v) is 3.36. The average molecular weight is 382 g/mol. The third-order valence-electron chi connectivity index (χ3n) is 4.78. The van der Waals surface area contributed by atoms with E-state index in [0.29, 0.717) is 43.4 Å². The Kier molecular flexibility index (Phi) is 5.06. The van der Waals surface area contributed by atoms with Crippen molar-refractivity contribution in [1.29, 1.82) is 0 Å². The van der Waals surface area contributed by atoms with Gasteiger partial charge in [-0.05, 0) is 30.7 Å². The van der Waals surface area contributed by atoms with Crippen LogP contribution in [-0.2, 0) is 16.0 Å². The monoisotopic (exact) mass is 382 g/mol. The molecule has 4 rings (SSSR count). The highest BCUT2D eigenvalue weighted by atomic mass is 16.6. The molecule has 28 heavy (non-hydrogen) atoms. The maximum atomic E-state index is 12.8. The average Bonchev–Trinajstić information content (AvgIpc) is 3.15. The lowest BCUT2D eigenvalue weighted by atomic mass is 10.1. The molecule has 0 radical (unpaired) electrons. The van der Waals surface area contributed by atoms with Gasteiger partial charge in [-0.3, -0.25) is 9.59 Å². The zero-order valence-corrected chi connectivity index (χ0v) is 15.6. The van der Waals surface area contributed by atoms with Crippen molar-refractivity contribution in [1.82, 2.24) is 4.90 Å². The molecular formula is C21H22N2O5. The van der Waals surface area contributed by atoms with E-state index < -0.39 is 6.10 Å². The molecule has 0 aliphatic carbocycles. The second-order valence-electron chi connectivity index (χ2n) is 6.68. The summed E-state index contributed by atoms with van der Waals surface area (Å²) in [4.78, 5) is 26.8. The van der Waals surface area contributed by atoms with Gasteiger partial charge in [-0.15, -0.1) is 0 Å². The van der Waals surface area contributed by atoms with Crippen LogP contribution in [0.2, 0.25) is 0 Å². The standard InChI is InChI=1S/C21H22N2O5/c1-2-23(21(25)19-11-14-5-3-4-6-16(14)28-19)13-20(24)22-15-7-8-17-18(12-15)27-10-9-26-17/h3-8,12,19H,2,9-11,13H2,1H3,(H,22,24)/t19-/m1/s1. The van der Waals surface area contributed by atoms with Gasteiger partial charge < -0.3 is 24.4 Å².